The minimum atomic E-state index is -4.77. The molecule has 0 heterocycles. The third kappa shape index (κ3) is 5.66. The van der Waals surface area contributed by atoms with Gasteiger partial charge in [-0.3, -0.25) is 9.59 Å². The maximum atomic E-state index is 12.1. The van der Waals surface area contributed by atoms with Gasteiger partial charge in [0.05, 0.1) is 17.1 Å². The number of alkyl halides is 3. The van der Waals surface area contributed by atoms with E-state index in [2.05, 4.69) is 15.4 Å². The summed E-state index contributed by atoms with van der Waals surface area (Å²) in [7, 11) is 1.47. The molecular weight excluding hydrogens is 373 g/mol. The lowest BCUT2D eigenvalue weighted by molar-refractivity contribution is -0.274. The molecule has 26 heavy (non-hydrogen) atoms. The number of carbonyl (C=O) groups is 2. The maximum absolute atomic E-state index is 12.1. The van der Waals surface area contributed by atoms with Crippen molar-refractivity contribution in [3.63, 3.8) is 0 Å². The third-order valence-corrected chi connectivity index (χ3v) is 3.58. The SMILES string of the molecule is CNC(=O)c1ccc(Cl)c(NC(=O)Cc2ccc(OC(F)(F)F)cc2)c1. The molecule has 0 saturated heterocycles. The highest BCUT2D eigenvalue weighted by Gasteiger charge is 2.30. The summed E-state index contributed by atoms with van der Waals surface area (Å²) in [4.78, 5) is 23.7. The normalized spacial score (nSPS) is 11.0. The maximum Gasteiger partial charge on any atom is 0.573 e. The molecule has 138 valence electrons. The molecular formula is C17H14ClF3N2O3. The van der Waals surface area contributed by atoms with E-state index in [0.717, 1.165) is 12.1 Å². The smallest absolute Gasteiger partial charge is 0.406 e. The highest BCUT2D eigenvalue weighted by Crippen LogP contribution is 2.24. The summed E-state index contributed by atoms with van der Waals surface area (Å²) in [6.45, 7) is 0. The fourth-order valence-electron chi connectivity index (χ4n) is 2.10. The first-order valence-corrected chi connectivity index (χ1v) is 7.72. The Hall–Kier alpha value is -2.74. The zero-order valence-corrected chi connectivity index (χ0v) is 14.2. The molecule has 2 N–H and O–H groups in total. The van der Waals surface area contributed by atoms with Crippen LogP contribution < -0.4 is 15.4 Å². The Morgan fingerprint density at radius 3 is 2.35 bits per heavy atom. The average molecular weight is 387 g/mol. The number of halogens is 4. The van der Waals surface area contributed by atoms with Crippen molar-refractivity contribution < 1.29 is 27.5 Å². The molecule has 2 aromatic rings. The van der Waals surface area contributed by atoms with Gasteiger partial charge in [-0.15, -0.1) is 13.2 Å². The molecule has 9 heteroatoms. The Balaban J connectivity index is 2.04. The molecule has 0 fully saturated rings. The largest absolute Gasteiger partial charge is 0.573 e. The molecule has 5 nitrogen and oxygen atoms in total. The summed E-state index contributed by atoms with van der Waals surface area (Å²) in [5.41, 5.74) is 1.06. The van der Waals surface area contributed by atoms with E-state index in [1.165, 1.54) is 37.4 Å². The quantitative estimate of drug-likeness (QED) is 0.821. The number of hydrogen-bond acceptors (Lipinski definition) is 3. The van der Waals surface area contributed by atoms with Crippen molar-refractivity contribution in [2.45, 2.75) is 12.8 Å². The van der Waals surface area contributed by atoms with Gasteiger partial charge in [0.25, 0.3) is 5.91 Å². The van der Waals surface area contributed by atoms with Gasteiger partial charge in [0, 0.05) is 12.6 Å². The predicted octanol–water partition coefficient (Wildman–Crippen LogP) is 3.78. The number of hydrogen-bond donors (Lipinski definition) is 2. The molecule has 0 aromatic heterocycles. The van der Waals surface area contributed by atoms with Crippen LogP contribution in [0.2, 0.25) is 5.02 Å². The van der Waals surface area contributed by atoms with E-state index in [-0.39, 0.29) is 28.8 Å². The van der Waals surface area contributed by atoms with Crippen LogP contribution in [0.25, 0.3) is 0 Å². The lowest BCUT2D eigenvalue weighted by atomic mass is 10.1. The second-order valence-corrected chi connectivity index (χ2v) is 5.60. The second kappa shape index (κ2) is 8.09. The zero-order valence-electron chi connectivity index (χ0n) is 13.5. The van der Waals surface area contributed by atoms with Crippen LogP contribution >= 0.6 is 11.6 Å². The van der Waals surface area contributed by atoms with Crippen LogP contribution in [0.3, 0.4) is 0 Å². The summed E-state index contributed by atoms with van der Waals surface area (Å²) in [6, 6.07) is 9.36. The standard InChI is InChI=1S/C17H14ClF3N2O3/c1-22-16(25)11-4-7-13(18)14(9-11)23-15(24)8-10-2-5-12(6-3-10)26-17(19,20)21/h2-7,9H,8H2,1H3,(H,22,25)(H,23,24). The Morgan fingerprint density at radius 2 is 1.77 bits per heavy atom. The summed E-state index contributed by atoms with van der Waals surface area (Å²) >= 11 is 6.00. The first-order valence-electron chi connectivity index (χ1n) is 7.34. The van der Waals surface area contributed by atoms with Crippen LogP contribution in [0.15, 0.2) is 42.5 Å². The molecule has 0 radical (unpaired) electrons. The lowest BCUT2D eigenvalue weighted by Gasteiger charge is -2.10. The second-order valence-electron chi connectivity index (χ2n) is 5.19. The van der Waals surface area contributed by atoms with Gasteiger partial charge in [0.2, 0.25) is 5.91 Å². The van der Waals surface area contributed by atoms with Crippen molar-refractivity contribution in [3.05, 3.63) is 58.6 Å². The Bertz CT molecular complexity index is 808. The summed E-state index contributed by atoms with van der Waals surface area (Å²) < 4.78 is 40.1. The van der Waals surface area contributed by atoms with Gasteiger partial charge in [0.15, 0.2) is 0 Å². The van der Waals surface area contributed by atoms with Gasteiger partial charge in [0.1, 0.15) is 5.75 Å². The zero-order chi connectivity index (χ0) is 19.3. The first-order chi connectivity index (χ1) is 12.2. The van der Waals surface area contributed by atoms with Gasteiger partial charge in [-0.25, -0.2) is 0 Å². The molecule has 0 bridgehead atoms. The number of ether oxygens (including phenoxy) is 1. The van der Waals surface area contributed by atoms with E-state index in [9.17, 15) is 22.8 Å². The summed E-state index contributed by atoms with van der Waals surface area (Å²) in [5, 5.41) is 5.27. The van der Waals surface area contributed by atoms with Gasteiger partial charge in [-0.1, -0.05) is 23.7 Å². The third-order valence-electron chi connectivity index (χ3n) is 3.25. The Labute approximate surface area is 152 Å². The van der Waals surface area contributed by atoms with Crippen LogP contribution in [0, 0.1) is 0 Å². The number of benzene rings is 2. The highest BCUT2D eigenvalue weighted by molar-refractivity contribution is 6.33. The van der Waals surface area contributed by atoms with Crippen LogP contribution in [-0.4, -0.2) is 25.2 Å². The molecule has 0 saturated carbocycles. The summed E-state index contributed by atoms with van der Waals surface area (Å²) in [6.07, 6.45) is -4.86. The molecule has 2 amide bonds. The van der Waals surface area contributed by atoms with E-state index < -0.39 is 12.3 Å². The molecule has 2 rings (SSSR count). The number of rotatable bonds is 5. The van der Waals surface area contributed by atoms with Gasteiger partial charge < -0.3 is 15.4 Å². The van der Waals surface area contributed by atoms with E-state index >= 15 is 0 Å². The average Bonchev–Trinajstić information content (AvgIpc) is 2.56. The van der Waals surface area contributed by atoms with Gasteiger partial charge in [-0.2, -0.15) is 0 Å². The van der Waals surface area contributed by atoms with Gasteiger partial charge >= 0.3 is 6.36 Å². The van der Waals surface area contributed by atoms with E-state index in [0.29, 0.717) is 11.1 Å². The molecule has 0 aliphatic rings. The van der Waals surface area contributed by atoms with Crippen LogP contribution in [-0.2, 0) is 11.2 Å². The molecule has 0 atom stereocenters. The molecule has 2 aromatic carbocycles. The van der Waals surface area contributed by atoms with Crippen molar-refractivity contribution in [2.75, 3.05) is 12.4 Å². The number of amides is 2. The predicted molar refractivity (Wildman–Crippen MR) is 90.3 cm³/mol. The minimum Gasteiger partial charge on any atom is -0.406 e. The monoisotopic (exact) mass is 386 g/mol. The van der Waals surface area contributed by atoms with Crippen molar-refractivity contribution in [1.29, 1.82) is 0 Å². The van der Waals surface area contributed by atoms with Crippen molar-refractivity contribution in [1.82, 2.24) is 5.32 Å². The number of nitrogens with one attached hydrogen (secondary N) is 2. The van der Waals surface area contributed by atoms with Crippen LogP contribution in [0.4, 0.5) is 18.9 Å². The Kier molecular flexibility index (Phi) is 6.10. The minimum absolute atomic E-state index is 0.0904. The lowest BCUT2D eigenvalue weighted by Crippen LogP contribution is -2.19. The van der Waals surface area contributed by atoms with Crippen molar-refractivity contribution >= 4 is 29.1 Å². The highest BCUT2D eigenvalue weighted by atomic mass is 35.5. The Morgan fingerprint density at radius 1 is 1.12 bits per heavy atom. The summed E-state index contributed by atoms with van der Waals surface area (Å²) in [5.74, 6) is -1.15. The fraction of sp³-hybridized carbons (Fsp3) is 0.176. The van der Waals surface area contributed by atoms with Crippen molar-refractivity contribution in [3.8, 4) is 5.75 Å². The number of anilines is 1. The molecule has 0 aliphatic carbocycles. The van der Waals surface area contributed by atoms with E-state index in [1.807, 2.05) is 0 Å². The topological polar surface area (TPSA) is 67.4 Å². The van der Waals surface area contributed by atoms with E-state index in [1.54, 1.807) is 0 Å². The molecule has 0 unspecified atom stereocenters. The first kappa shape index (κ1) is 19.6. The van der Waals surface area contributed by atoms with Gasteiger partial charge in [-0.05, 0) is 35.9 Å². The van der Waals surface area contributed by atoms with Crippen molar-refractivity contribution in [2.24, 2.45) is 0 Å². The van der Waals surface area contributed by atoms with Crippen LogP contribution in [0.1, 0.15) is 15.9 Å². The van der Waals surface area contributed by atoms with E-state index in [4.69, 9.17) is 11.6 Å². The molecule has 0 aliphatic heterocycles. The fourth-order valence-corrected chi connectivity index (χ4v) is 2.26. The van der Waals surface area contributed by atoms with Crippen LogP contribution in [0.5, 0.6) is 5.75 Å². The molecule has 0 spiro atoms. The number of carbonyl (C=O) groups excluding carboxylic acids is 2.